The van der Waals surface area contributed by atoms with Crippen LogP contribution in [0, 0.1) is 0 Å². The Morgan fingerprint density at radius 2 is 2.00 bits per heavy atom. The van der Waals surface area contributed by atoms with Crippen LogP contribution in [0.5, 0.6) is 5.75 Å². The summed E-state index contributed by atoms with van der Waals surface area (Å²) in [5.41, 5.74) is -0.652. The monoisotopic (exact) mass is 209 g/mol. The number of likely N-dealkylation sites (tertiary alicyclic amines) is 1. The molecule has 0 amide bonds. The minimum absolute atomic E-state index is 0.142. The maximum absolute atomic E-state index is 14.5. The van der Waals surface area contributed by atoms with Gasteiger partial charge in [-0.25, -0.2) is 4.39 Å². The third kappa shape index (κ3) is 2.12. The van der Waals surface area contributed by atoms with Gasteiger partial charge >= 0.3 is 0 Å². The first-order valence-corrected chi connectivity index (χ1v) is 5.27. The van der Waals surface area contributed by atoms with E-state index in [4.69, 9.17) is 0 Å². The Hall–Kier alpha value is -1.09. The van der Waals surface area contributed by atoms with Crippen molar-refractivity contribution in [3.05, 3.63) is 29.8 Å². The van der Waals surface area contributed by atoms with Crippen LogP contribution in [0.1, 0.15) is 18.4 Å². The first kappa shape index (κ1) is 10.4. The predicted molar refractivity (Wildman–Crippen MR) is 57.6 cm³/mol. The molecule has 0 radical (unpaired) electrons. The molecule has 0 atom stereocenters. The van der Waals surface area contributed by atoms with Crippen LogP contribution in [0.3, 0.4) is 0 Å². The number of aromatic hydroxyl groups is 1. The summed E-state index contributed by atoms with van der Waals surface area (Å²) in [7, 11) is 2.00. The molecule has 0 spiro atoms. The molecular formula is C12H16FNO. The molecule has 0 aliphatic carbocycles. The molecule has 1 aliphatic rings. The Kier molecular flexibility index (Phi) is 2.65. The maximum Gasteiger partial charge on any atom is 0.138 e. The molecule has 1 aliphatic heterocycles. The lowest BCUT2D eigenvalue weighted by Crippen LogP contribution is -2.37. The minimum Gasteiger partial charge on any atom is -0.508 e. The summed E-state index contributed by atoms with van der Waals surface area (Å²) < 4.78 is 14.5. The van der Waals surface area contributed by atoms with Crippen LogP contribution in [0.25, 0.3) is 0 Å². The Bertz CT molecular complexity index is 345. The number of piperidine rings is 1. The number of alkyl halides is 1. The molecule has 82 valence electrons. The molecule has 1 saturated heterocycles. The fourth-order valence-electron chi connectivity index (χ4n) is 2.05. The fourth-order valence-corrected chi connectivity index (χ4v) is 2.05. The predicted octanol–water partition coefficient (Wildman–Crippen LogP) is 2.28. The number of hydrogen-bond donors (Lipinski definition) is 1. The molecule has 3 heteroatoms. The summed E-state index contributed by atoms with van der Waals surface area (Å²) >= 11 is 0. The number of benzene rings is 1. The van der Waals surface area contributed by atoms with E-state index in [2.05, 4.69) is 4.90 Å². The Balaban J connectivity index is 2.22. The third-order valence-corrected chi connectivity index (χ3v) is 3.14. The average Bonchev–Trinajstić information content (AvgIpc) is 2.23. The lowest BCUT2D eigenvalue weighted by atomic mass is 9.86. The highest BCUT2D eigenvalue weighted by Gasteiger charge is 2.35. The molecule has 0 bridgehead atoms. The molecular weight excluding hydrogens is 193 g/mol. The number of hydrogen-bond acceptors (Lipinski definition) is 2. The highest BCUT2D eigenvalue weighted by molar-refractivity contribution is 5.31. The highest BCUT2D eigenvalue weighted by Crippen LogP contribution is 2.37. The Labute approximate surface area is 89.3 Å². The number of rotatable bonds is 1. The van der Waals surface area contributed by atoms with E-state index in [0.29, 0.717) is 18.4 Å². The molecule has 0 aromatic heterocycles. The van der Waals surface area contributed by atoms with Crippen molar-refractivity contribution in [2.45, 2.75) is 18.5 Å². The Morgan fingerprint density at radius 1 is 1.33 bits per heavy atom. The van der Waals surface area contributed by atoms with Gasteiger partial charge in [0, 0.05) is 13.1 Å². The summed E-state index contributed by atoms with van der Waals surface area (Å²) in [5, 5.41) is 9.33. The second-order valence-corrected chi connectivity index (χ2v) is 4.32. The first-order chi connectivity index (χ1) is 7.10. The van der Waals surface area contributed by atoms with E-state index in [1.165, 1.54) is 6.07 Å². The highest BCUT2D eigenvalue weighted by atomic mass is 19.1. The molecule has 1 aromatic rings. The van der Waals surface area contributed by atoms with Gasteiger partial charge in [-0.05, 0) is 37.6 Å². The summed E-state index contributed by atoms with van der Waals surface area (Å²) in [6.07, 6.45) is 1.01. The Morgan fingerprint density at radius 3 is 2.60 bits per heavy atom. The van der Waals surface area contributed by atoms with Gasteiger partial charge in [0.1, 0.15) is 11.4 Å². The van der Waals surface area contributed by atoms with E-state index >= 15 is 0 Å². The number of halogens is 1. The smallest absolute Gasteiger partial charge is 0.138 e. The van der Waals surface area contributed by atoms with Crippen LogP contribution in [-0.2, 0) is 5.67 Å². The zero-order valence-electron chi connectivity index (χ0n) is 8.91. The van der Waals surface area contributed by atoms with Crippen molar-refractivity contribution in [3.63, 3.8) is 0 Å². The quantitative estimate of drug-likeness (QED) is 0.767. The zero-order valence-corrected chi connectivity index (χ0v) is 8.91. The van der Waals surface area contributed by atoms with Crippen LogP contribution < -0.4 is 0 Å². The van der Waals surface area contributed by atoms with E-state index in [0.717, 1.165) is 13.1 Å². The molecule has 2 nitrogen and oxygen atoms in total. The fraction of sp³-hybridized carbons (Fsp3) is 0.500. The largest absolute Gasteiger partial charge is 0.508 e. The van der Waals surface area contributed by atoms with Crippen molar-refractivity contribution in [2.75, 3.05) is 20.1 Å². The molecule has 2 rings (SSSR count). The van der Waals surface area contributed by atoms with Crippen molar-refractivity contribution in [3.8, 4) is 5.75 Å². The number of phenolic OH excluding ortho intramolecular Hbond substituents is 1. The second-order valence-electron chi connectivity index (χ2n) is 4.32. The summed E-state index contributed by atoms with van der Waals surface area (Å²) in [6, 6.07) is 6.56. The molecule has 1 aromatic carbocycles. The van der Waals surface area contributed by atoms with Crippen molar-refractivity contribution < 1.29 is 9.50 Å². The average molecular weight is 209 g/mol. The van der Waals surface area contributed by atoms with Crippen molar-refractivity contribution in [1.82, 2.24) is 4.90 Å². The van der Waals surface area contributed by atoms with Gasteiger partial charge in [-0.3, -0.25) is 0 Å². The summed E-state index contributed by atoms with van der Waals surface area (Å²) in [5.74, 6) is 0.142. The summed E-state index contributed by atoms with van der Waals surface area (Å²) in [6.45, 7) is 1.54. The van der Waals surface area contributed by atoms with Gasteiger partial charge in [0.05, 0.1) is 0 Å². The van der Waals surface area contributed by atoms with E-state index in [1.54, 1.807) is 18.2 Å². The maximum atomic E-state index is 14.5. The van der Waals surface area contributed by atoms with Crippen LogP contribution in [0.15, 0.2) is 24.3 Å². The third-order valence-electron chi connectivity index (χ3n) is 3.14. The van der Waals surface area contributed by atoms with E-state index in [1.807, 2.05) is 7.05 Å². The van der Waals surface area contributed by atoms with Crippen LogP contribution in [0.2, 0.25) is 0 Å². The van der Waals surface area contributed by atoms with Crippen molar-refractivity contribution in [1.29, 1.82) is 0 Å². The summed E-state index contributed by atoms with van der Waals surface area (Å²) in [4.78, 5) is 2.13. The van der Waals surface area contributed by atoms with Crippen molar-refractivity contribution >= 4 is 0 Å². The SMILES string of the molecule is CN1CCC(F)(c2cccc(O)c2)CC1. The van der Waals surface area contributed by atoms with E-state index in [9.17, 15) is 9.50 Å². The van der Waals surface area contributed by atoms with Gasteiger partial charge in [-0.2, -0.15) is 0 Å². The van der Waals surface area contributed by atoms with Gasteiger partial charge in [0.15, 0.2) is 0 Å². The lowest BCUT2D eigenvalue weighted by Gasteiger charge is -2.34. The van der Waals surface area contributed by atoms with Gasteiger partial charge in [-0.15, -0.1) is 0 Å². The molecule has 1 fully saturated rings. The molecule has 0 unspecified atom stereocenters. The molecule has 1 N–H and O–H groups in total. The standard InChI is InChI=1S/C12H16FNO/c1-14-7-5-12(13,6-8-14)10-3-2-4-11(15)9-10/h2-4,9,15H,5-8H2,1H3. The molecule has 1 heterocycles. The zero-order chi connectivity index (χ0) is 10.9. The second kappa shape index (κ2) is 3.81. The van der Waals surface area contributed by atoms with Crippen LogP contribution in [-0.4, -0.2) is 30.1 Å². The van der Waals surface area contributed by atoms with Crippen LogP contribution in [0.4, 0.5) is 4.39 Å². The lowest BCUT2D eigenvalue weighted by molar-refractivity contribution is 0.0672. The van der Waals surface area contributed by atoms with Crippen LogP contribution >= 0.6 is 0 Å². The van der Waals surface area contributed by atoms with Gasteiger partial charge < -0.3 is 10.0 Å². The number of nitrogens with zero attached hydrogens (tertiary/aromatic N) is 1. The molecule has 15 heavy (non-hydrogen) atoms. The van der Waals surface area contributed by atoms with Crippen molar-refractivity contribution in [2.24, 2.45) is 0 Å². The molecule has 0 saturated carbocycles. The van der Waals surface area contributed by atoms with Gasteiger partial charge in [-0.1, -0.05) is 12.1 Å². The van der Waals surface area contributed by atoms with E-state index in [-0.39, 0.29) is 5.75 Å². The van der Waals surface area contributed by atoms with Gasteiger partial charge in [0.2, 0.25) is 0 Å². The first-order valence-electron chi connectivity index (χ1n) is 5.27. The normalized spacial score (nSPS) is 21.5. The minimum atomic E-state index is -1.26. The van der Waals surface area contributed by atoms with E-state index < -0.39 is 5.67 Å². The topological polar surface area (TPSA) is 23.5 Å². The number of phenols is 1. The van der Waals surface area contributed by atoms with Gasteiger partial charge in [0.25, 0.3) is 0 Å².